The SMILES string of the molecule is O=C1CSC2=NC3=C(CCC3)C(c3ccc(Cl)cc3)N12. The van der Waals surface area contributed by atoms with Crippen LogP contribution in [-0.4, -0.2) is 21.7 Å². The Morgan fingerprint density at radius 2 is 2.05 bits per heavy atom. The van der Waals surface area contributed by atoms with Crippen LogP contribution in [0.1, 0.15) is 30.9 Å². The quantitative estimate of drug-likeness (QED) is 0.791. The van der Waals surface area contributed by atoms with Gasteiger partial charge in [0, 0.05) is 10.7 Å². The first-order valence-corrected chi connectivity index (χ1v) is 8.11. The van der Waals surface area contributed by atoms with Crippen molar-refractivity contribution < 1.29 is 4.79 Å². The topological polar surface area (TPSA) is 32.7 Å². The predicted molar refractivity (Wildman–Crippen MR) is 81.8 cm³/mol. The van der Waals surface area contributed by atoms with Gasteiger partial charge in [0.1, 0.15) is 0 Å². The highest BCUT2D eigenvalue weighted by Crippen LogP contribution is 2.46. The summed E-state index contributed by atoms with van der Waals surface area (Å²) < 4.78 is 0. The van der Waals surface area contributed by atoms with Gasteiger partial charge in [0.25, 0.3) is 0 Å². The highest BCUT2D eigenvalue weighted by Gasteiger charge is 2.41. The number of rotatable bonds is 1. The van der Waals surface area contributed by atoms with Crippen molar-refractivity contribution in [2.75, 3.05) is 5.75 Å². The molecule has 4 rings (SSSR count). The van der Waals surface area contributed by atoms with Crippen LogP contribution >= 0.6 is 23.4 Å². The Hall–Kier alpha value is -1.26. The lowest BCUT2D eigenvalue weighted by atomic mass is 9.95. The number of allylic oxidation sites excluding steroid dienone is 1. The number of amides is 1. The maximum Gasteiger partial charge on any atom is 0.239 e. The van der Waals surface area contributed by atoms with E-state index < -0.39 is 0 Å². The van der Waals surface area contributed by atoms with Crippen molar-refractivity contribution in [3.63, 3.8) is 0 Å². The molecule has 2 heterocycles. The summed E-state index contributed by atoms with van der Waals surface area (Å²) in [4.78, 5) is 18.8. The van der Waals surface area contributed by atoms with E-state index in [1.165, 1.54) is 11.3 Å². The molecule has 3 nitrogen and oxygen atoms in total. The molecular weight excluding hydrogens is 292 g/mol. The normalized spacial score (nSPS) is 24.9. The first-order chi connectivity index (χ1) is 9.74. The predicted octanol–water partition coefficient (Wildman–Crippen LogP) is 3.76. The Morgan fingerprint density at radius 3 is 2.85 bits per heavy atom. The number of benzene rings is 1. The molecule has 0 radical (unpaired) electrons. The Balaban J connectivity index is 1.84. The van der Waals surface area contributed by atoms with Crippen molar-refractivity contribution in [2.24, 2.45) is 4.99 Å². The maximum atomic E-state index is 12.2. The Morgan fingerprint density at radius 1 is 1.25 bits per heavy atom. The summed E-state index contributed by atoms with van der Waals surface area (Å²) in [6.45, 7) is 0. The van der Waals surface area contributed by atoms with Gasteiger partial charge in [0.15, 0.2) is 5.17 Å². The molecule has 1 fully saturated rings. The van der Waals surface area contributed by atoms with Gasteiger partial charge < -0.3 is 0 Å². The van der Waals surface area contributed by atoms with Crippen LogP contribution in [-0.2, 0) is 4.79 Å². The number of hydrogen-bond donors (Lipinski definition) is 0. The minimum absolute atomic E-state index is 0.0276. The van der Waals surface area contributed by atoms with Gasteiger partial charge in [0.05, 0.1) is 11.8 Å². The molecule has 3 aliphatic rings. The number of fused-ring (bicyclic) bond motifs is 1. The third kappa shape index (κ3) is 1.82. The zero-order valence-electron chi connectivity index (χ0n) is 10.8. The van der Waals surface area contributed by atoms with E-state index in [0.29, 0.717) is 5.75 Å². The number of aliphatic imine (C=N–C) groups is 1. The molecule has 1 aromatic rings. The number of halogens is 1. The van der Waals surface area contributed by atoms with Crippen molar-refractivity contribution in [2.45, 2.75) is 25.3 Å². The monoisotopic (exact) mass is 304 g/mol. The summed E-state index contributed by atoms with van der Waals surface area (Å²) >= 11 is 7.53. The van der Waals surface area contributed by atoms with Crippen LogP contribution in [0.15, 0.2) is 40.5 Å². The molecule has 0 spiro atoms. The first kappa shape index (κ1) is 12.5. The molecule has 1 aliphatic carbocycles. The van der Waals surface area contributed by atoms with Crippen LogP contribution in [0.5, 0.6) is 0 Å². The van der Waals surface area contributed by atoms with Gasteiger partial charge in [-0.25, -0.2) is 4.99 Å². The Kier molecular flexibility index (Phi) is 2.89. The van der Waals surface area contributed by atoms with Crippen LogP contribution in [0.4, 0.5) is 0 Å². The number of hydrogen-bond acceptors (Lipinski definition) is 3. The average molecular weight is 305 g/mol. The van der Waals surface area contributed by atoms with E-state index in [9.17, 15) is 4.79 Å². The van der Waals surface area contributed by atoms with Crippen molar-refractivity contribution in [1.82, 2.24) is 4.90 Å². The molecule has 102 valence electrons. The van der Waals surface area contributed by atoms with Gasteiger partial charge in [0.2, 0.25) is 5.91 Å². The summed E-state index contributed by atoms with van der Waals surface area (Å²) in [5, 5.41) is 1.59. The lowest BCUT2D eigenvalue weighted by Gasteiger charge is -2.32. The van der Waals surface area contributed by atoms with E-state index in [-0.39, 0.29) is 11.9 Å². The van der Waals surface area contributed by atoms with E-state index in [4.69, 9.17) is 11.6 Å². The molecule has 0 saturated carbocycles. The van der Waals surface area contributed by atoms with Crippen LogP contribution < -0.4 is 0 Å². The fourth-order valence-electron chi connectivity index (χ4n) is 3.15. The van der Waals surface area contributed by atoms with Gasteiger partial charge >= 0.3 is 0 Å². The minimum Gasteiger partial charge on any atom is -0.279 e. The summed E-state index contributed by atoms with van der Waals surface area (Å²) in [5.74, 6) is 0.663. The summed E-state index contributed by atoms with van der Waals surface area (Å²) in [6.07, 6.45) is 3.21. The molecule has 0 aromatic heterocycles. The maximum absolute atomic E-state index is 12.2. The van der Waals surface area contributed by atoms with E-state index in [1.807, 2.05) is 29.2 Å². The van der Waals surface area contributed by atoms with Gasteiger partial charge in [-0.05, 0) is 42.5 Å². The molecule has 1 saturated heterocycles. The van der Waals surface area contributed by atoms with Gasteiger partial charge in [-0.1, -0.05) is 35.5 Å². The highest BCUT2D eigenvalue weighted by molar-refractivity contribution is 8.15. The lowest BCUT2D eigenvalue weighted by molar-refractivity contribution is -0.125. The zero-order chi connectivity index (χ0) is 13.7. The van der Waals surface area contributed by atoms with E-state index in [0.717, 1.165) is 35.0 Å². The fraction of sp³-hybridized carbons (Fsp3) is 0.333. The smallest absolute Gasteiger partial charge is 0.239 e. The molecule has 0 bridgehead atoms. The van der Waals surface area contributed by atoms with Crippen molar-refractivity contribution in [3.05, 3.63) is 46.1 Å². The first-order valence-electron chi connectivity index (χ1n) is 6.75. The second kappa shape index (κ2) is 4.64. The number of carbonyl (C=O) groups is 1. The number of carbonyl (C=O) groups excluding carboxylic acids is 1. The minimum atomic E-state index is 0.0276. The van der Waals surface area contributed by atoms with Crippen molar-refractivity contribution in [3.8, 4) is 0 Å². The van der Waals surface area contributed by atoms with Crippen LogP contribution in [0.3, 0.4) is 0 Å². The molecule has 0 N–H and O–H groups in total. The van der Waals surface area contributed by atoms with E-state index >= 15 is 0 Å². The standard InChI is InChI=1S/C15H13ClN2OS/c16-10-6-4-9(5-7-10)14-11-2-1-3-12(11)17-15-18(14)13(19)8-20-15/h4-7,14H,1-3,8H2. The van der Waals surface area contributed by atoms with Gasteiger partial charge in [-0.15, -0.1) is 0 Å². The second-order valence-electron chi connectivity index (χ2n) is 5.23. The largest absolute Gasteiger partial charge is 0.279 e. The van der Waals surface area contributed by atoms with Gasteiger partial charge in [-0.3, -0.25) is 9.69 Å². The summed E-state index contributed by atoms with van der Waals surface area (Å²) in [5.41, 5.74) is 3.64. The highest BCUT2D eigenvalue weighted by atomic mass is 35.5. The zero-order valence-corrected chi connectivity index (χ0v) is 12.4. The van der Waals surface area contributed by atoms with Crippen LogP contribution in [0, 0.1) is 0 Å². The van der Waals surface area contributed by atoms with Crippen LogP contribution in [0.25, 0.3) is 0 Å². The second-order valence-corrected chi connectivity index (χ2v) is 6.61. The van der Waals surface area contributed by atoms with Gasteiger partial charge in [-0.2, -0.15) is 0 Å². The molecule has 5 heteroatoms. The van der Waals surface area contributed by atoms with Crippen molar-refractivity contribution in [1.29, 1.82) is 0 Å². The number of amidine groups is 1. The third-order valence-electron chi connectivity index (χ3n) is 4.03. The summed E-state index contributed by atoms with van der Waals surface area (Å²) in [7, 11) is 0. The average Bonchev–Trinajstić information content (AvgIpc) is 3.05. The third-order valence-corrected chi connectivity index (χ3v) is 5.22. The number of nitrogens with zero attached hydrogens (tertiary/aromatic N) is 2. The molecule has 1 aromatic carbocycles. The molecule has 20 heavy (non-hydrogen) atoms. The van der Waals surface area contributed by atoms with E-state index in [1.54, 1.807) is 11.8 Å². The molecular formula is C15H13ClN2OS. The molecule has 1 atom stereocenters. The summed E-state index contributed by atoms with van der Waals surface area (Å²) in [6, 6.07) is 7.86. The lowest BCUT2D eigenvalue weighted by Crippen LogP contribution is -2.37. The molecule has 2 aliphatic heterocycles. The van der Waals surface area contributed by atoms with Crippen LogP contribution in [0.2, 0.25) is 5.02 Å². The van der Waals surface area contributed by atoms with Crippen molar-refractivity contribution >= 4 is 34.4 Å². The molecule has 1 amide bonds. The number of thioether (sulfide) groups is 1. The Labute approximate surface area is 126 Å². The van der Waals surface area contributed by atoms with E-state index in [2.05, 4.69) is 4.99 Å². The Bertz CT molecular complexity index is 650. The molecule has 1 unspecified atom stereocenters. The fourth-order valence-corrected chi connectivity index (χ4v) is 4.19.